The molecule has 0 spiro atoms. The standard InChI is InChI=1S/C25H31N5O/c31-25(26-20-11-5-2-6-12-20)30-16-15-29(17-19-9-3-1-4-10-19)18-23(30)24-27-21-13-7-8-14-22(21)28-24/h1,3-4,7-10,13-14,20,23H,2,5-6,11-12,15-18H2,(H,26,31)(H,27,28). The van der Waals surface area contributed by atoms with Gasteiger partial charge in [-0.3, -0.25) is 4.90 Å². The smallest absolute Gasteiger partial charge is 0.318 e. The summed E-state index contributed by atoms with van der Waals surface area (Å²) >= 11 is 0. The Balaban J connectivity index is 1.37. The second-order valence-electron chi connectivity index (χ2n) is 8.85. The number of nitrogens with zero attached hydrogens (tertiary/aromatic N) is 3. The minimum atomic E-state index is -0.0894. The Morgan fingerprint density at radius 2 is 1.77 bits per heavy atom. The van der Waals surface area contributed by atoms with Crippen LogP contribution in [-0.2, 0) is 6.54 Å². The van der Waals surface area contributed by atoms with Gasteiger partial charge in [0.05, 0.1) is 11.0 Å². The monoisotopic (exact) mass is 417 g/mol. The van der Waals surface area contributed by atoms with Crippen LogP contribution >= 0.6 is 0 Å². The van der Waals surface area contributed by atoms with Crippen LogP contribution in [0, 0.1) is 0 Å². The number of rotatable bonds is 4. The molecule has 6 heteroatoms. The van der Waals surface area contributed by atoms with E-state index in [1.807, 2.05) is 35.2 Å². The van der Waals surface area contributed by atoms with Crippen molar-refractivity contribution in [3.8, 4) is 0 Å². The fourth-order valence-electron chi connectivity index (χ4n) is 4.94. The predicted molar refractivity (Wildman–Crippen MR) is 123 cm³/mol. The van der Waals surface area contributed by atoms with E-state index < -0.39 is 0 Å². The first-order valence-corrected chi connectivity index (χ1v) is 11.5. The van der Waals surface area contributed by atoms with Crippen LogP contribution in [0.3, 0.4) is 0 Å². The van der Waals surface area contributed by atoms with E-state index >= 15 is 0 Å². The minimum Gasteiger partial charge on any atom is -0.340 e. The van der Waals surface area contributed by atoms with Crippen LogP contribution in [0.15, 0.2) is 54.6 Å². The summed E-state index contributed by atoms with van der Waals surface area (Å²) in [4.78, 5) is 26.0. The van der Waals surface area contributed by atoms with Gasteiger partial charge in [-0.2, -0.15) is 0 Å². The molecule has 3 aromatic rings. The number of fused-ring (bicyclic) bond motifs is 1. The van der Waals surface area contributed by atoms with Crippen molar-refractivity contribution in [3.05, 3.63) is 66.0 Å². The number of nitrogens with one attached hydrogen (secondary N) is 2. The zero-order valence-electron chi connectivity index (χ0n) is 18.0. The molecule has 2 heterocycles. The molecule has 2 aromatic carbocycles. The minimum absolute atomic E-state index is 0.0525. The average Bonchev–Trinajstić information content (AvgIpc) is 3.25. The van der Waals surface area contributed by atoms with Crippen LogP contribution in [0.4, 0.5) is 4.79 Å². The molecule has 1 saturated heterocycles. The zero-order valence-corrected chi connectivity index (χ0v) is 18.0. The maximum absolute atomic E-state index is 13.3. The number of imidazole rings is 1. The van der Waals surface area contributed by atoms with Gasteiger partial charge < -0.3 is 15.2 Å². The number of carbonyl (C=O) groups excluding carboxylic acids is 1. The summed E-state index contributed by atoms with van der Waals surface area (Å²) in [5.41, 5.74) is 3.27. The normalized spacial score (nSPS) is 20.8. The van der Waals surface area contributed by atoms with E-state index in [0.29, 0.717) is 12.6 Å². The third-order valence-corrected chi connectivity index (χ3v) is 6.63. The third-order valence-electron chi connectivity index (χ3n) is 6.63. The Morgan fingerprint density at radius 1 is 1.00 bits per heavy atom. The molecule has 2 amide bonds. The van der Waals surface area contributed by atoms with Crippen LogP contribution in [0.1, 0.15) is 49.5 Å². The lowest BCUT2D eigenvalue weighted by Gasteiger charge is -2.41. The SMILES string of the molecule is O=C(NC1CCCCC1)N1CCN(Cc2ccccc2)CC1c1nc2ccccc2[nH]1. The predicted octanol–water partition coefficient (Wildman–Crippen LogP) is 4.46. The average molecular weight is 418 g/mol. The lowest BCUT2D eigenvalue weighted by molar-refractivity contribution is 0.0840. The Kier molecular flexibility index (Phi) is 5.89. The highest BCUT2D eigenvalue weighted by molar-refractivity contribution is 5.77. The number of aromatic nitrogens is 2. The molecule has 1 aromatic heterocycles. The lowest BCUT2D eigenvalue weighted by atomic mass is 9.95. The molecule has 1 saturated carbocycles. The fourth-order valence-corrected chi connectivity index (χ4v) is 4.94. The number of H-pyrrole nitrogens is 1. The number of benzene rings is 2. The van der Waals surface area contributed by atoms with E-state index in [4.69, 9.17) is 4.98 Å². The van der Waals surface area contributed by atoms with Crippen LogP contribution in [0.25, 0.3) is 11.0 Å². The summed E-state index contributed by atoms with van der Waals surface area (Å²) in [5.74, 6) is 0.873. The Labute approximate surface area is 183 Å². The summed E-state index contributed by atoms with van der Waals surface area (Å²) in [7, 11) is 0. The molecule has 2 N–H and O–H groups in total. The highest BCUT2D eigenvalue weighted by atomic mass is 16.2. The van der Waals surface area contributed by atoms with Gasteiger partial charge in [0, 0.05) is 32.2 Å². The molecule has 1 atom stereocenters. The highest BCUT2D eigenvalue weighted by Gasteiger charge is 2.34. The number of carbonyl (C=O) groups is 1. The molecule has 1 aliphatic carbocycles. The van der Waals surface area contributed by atoms with Crippen molar-refractivity contribution < 1.29 is 4.79 Å². The van der Waals surface area contributed by atoms with E-state index in [-0.39, 0.29) is 12.1 Å². The molecule has 1 aliphatic heterocycles. The first-order chi connectivity index (χ1) is 15.3. The van der Waals surface area contributed by atoms with Gasteiger partial charge in [0.2, 0.25) is 0 Å². The second-order valence-corrected chi connectivity index (χ2v) is 8.85. The summed E-state index contributed by atoms with van der Waals surface area (Å²) in [5, 5.41) is 3.31. The van der Waals surface area contributed by atoms with Crippen molar-refractivity contribution in [1.29, 1.82) is 0 Å². The molecule has 0 radical (unpaired) electrons. The first kappa shape index (κ1) is 20.1. The van der Waals surface area contributed by atoms with Crippen LogP contribution < -0.4 is 5.32 Å². The number of hydrogen-bond acceptors (Lipinski definition) is 3. The second kappa shape index (κ2) is 9.10. The number of para-hydroxylation sites is 2. The molecule has 1 unspecified atom stereocenters. The number of piperazine rings is 1. The maximum Gasteiger partial charge on any atom is 0.318 e. The Morgan fingerprint density at radius 3 is 2.58 bits per heavy atom. The van der Waals surface area contributed by atoms with Gasteiger partial charge >= 0.3 is 6.03 Å². The quantitative estimate of drug-likeness (QED) is 0.659. The van der Waals surface area contributed by atoms with Crippen LogP contribution in [0.5, 0.6) is 0 Å². The lowest BCUT2D eigenvalue weighted by Crippen LogP contribution is -2.55. The highest BCUT2D eigenvalue weighted by Crippen LogP contribution is 2.27. The van der Waals surface area contributed by atoms with Crippen LogP contribution in [-0.4, -0.2) is 51.5 Å². The summed E-state index contributed by atoms with van der Waals surface area (Å²) < 4.78 is 0. The third kappa shape index (κ3) is 4.59. The topological polar surface area (TPSA) is 64.3 Å². The zero-order chi connectivity index (χ0) is 21.0. The summed E-state index contributed by atoms with van der Waals surface area (Å²) in [6.45, 7) is 3.22. The van der Waals surface area contributed by atoms with E-state index in [1.54, 1.807) is 0 Å². The van der Waals surface area contributed by atoms with Crippen molar-refractivity contribution in [2.45, 2.75) is 50.7 Å². The molecule has 162 valence electrons. The Hall–Kier alpha value is -2.86. The Bertz CT molecular complexity index is 978. The van der Waals surface area contributed by atoms with Gasteiger partial charge in [-0.15, -0.1) is 0 Å². The number of aromatic amines is 1. The fraction of sp³-hybridized carbons (Fsp3) is 0.440. The number of amides is 2. The summed E-state index contributed by atoms with van der Waals surface area (Å²) in [6.07, 6.45) is 5.89. The van der Waals surface area contributed by atoms with Crippen molar-refractivity contribution in [2.75, 3.05) is 19.6 Å². The van der Waals surface area contributed by atoms with E-state index in [0.717, 1.165) is 49.3 Å². The number of urea groups is 1. The molecular weight excluding hydrogens is 386 g/mol. The van der Waals surface area contributed by atoms with Crippen molar-refractivity contribution in [3.63, 3.8) is 0 Å². The van der Waals surface area contributed by atoms with Gasteiger partial charge in [0.15, 0.2) is 0 Å². The largest absolute Gasteiger partial charge is 0.340 e. The summed E-state index contributed by atoms with van der Waals surface area (Å²) in [6, 6.07) is 18.9. The van der Waals surface area contributed by atoms with Gasteiger partial charge in [-0.1, -0.05) is 61.7 Å². The maximum atomic E-state index is 13.3. The van der Waals surface area contributed by atoms with Crippen LogP contribution in [0.2, 0.25) is 0 Å². The van der Waals surface area contributed by atoms with Crippen molar-refractivity contribution in [1.82, 2.24) is 25.1 Å². The molecule has 2 fully saturated rings. The molecule has 6 nitrogen and oxygen atoms in total. The molecule has 0 bridgehead atoms. The first-order valence-electron chi connectivity index (χ1n) is 11.5. The van der Waals surface area contributed by atoms with E-state index in [9.17, 15) is 4.79 Å². The van der Waals surface area contributed by atoms with E-state index in [2.05, 4.69) is 39.5 Å². The molecule has 5 rings (SSSR count). The molecular formula is C25H31N5O. The van der Waals surface area contributed by atoms with E-state index in [1.165, 1.54) is 24.8 Å². The van der Waals surface area contributed by atoms with Crippen molar-refractivity contribution in [2.24, 2.45) is 0 Å². The van der Waals surface area contributed by atoms with Gasteiger partial charge in [0.25, 0.3) is 0 Å². The van der Waals surface area contributed by atoms with Gasteiger partial charge in [-0.25, -0.2) is 9.78 Å². The number of hydrogen-bond donors (Lipinski definition) is 2. The molecule has 2 aliphatic rings. The van der Waals surface area contributed by atoms with Gasteiger partial charge in [0.1, 0.15) is 11.9 Å². The van der Waals surface area contributed by atoms with Crippen molar-refractivity contribution >= 4 is 17.1 Å². The van der Waals surface area contributed by atoms with Gasteiger partial charge in [-0.05, 0) is 30.5 Å². The molecule has 31 heavy (non-hydrogen) atoms.